The fourth-order valence-corrected chi connectivity index (χ4v) is 5.38. The number of carbonyl (C=O) groups excluding carboxylic acids is 1. The molecule has 2 saturated carbocycles. The Labute approximate surface area is 209 Å². The largest absolute Gasteiger partial charge is 0.377 e. The molecule has 0 bridgehead atoms. The first-order chi connectivity index (χ1) is 15.0. The Kier molecular flexibility index (Phi) is 8.66. The molecule has 1 amide bonds. The van der Waals surface area contributed by atoms with E-state index in [0.29, 0.717) is 18.1 Å². The summed E-state index contributed by atoms with van der Waals surface area (Å²) in [5, 5.41) is 7.19. The van der Waals surface area contributed by atoms with Gasteiger partial charge in [0.05, 0.1) is 6.10 Å². The number of hydrogen-bond acceptors (Lipinski definition) is 4. The summed E-state index contributed by atoms with van der Waals surface area (Å²) in [6, 6.07) is 10.8. The zero-order valence-corrected chi connectivity index (χ0v) is 21.9. The SMILES string of the molecule is CN(C)C(=O)CN=C(NCCCN(C)c1ccccc1)NC1C2CCOC2C12CCC2.I. The molecule has 1 heterocycles. The quantitative estimate of drug-likeness (QED) is 0.224. The fourth-order valence-electron chi connectivity index (χ4n) is 5.38. The smallest absolute Gasteiger partial charge is 0.243 e. The minimum absolute atomic E-state index is 0. The van der Waals surface area contributed by atoms with Gasteiger partial charge in [-0.15, -0.1) is 24.0 Å². The predicted octanol–water partition coefficient (Wildman–Crippen LogP) is 2.71. The van der Waals surface area contributed by atoms with E-state index in [2.05, 4.69) is 51.8 Å². The Bertz CT molecular complexity index is 784. The highest BCUT2D eigenvalue weighted by molar-refractivity contribution is 14.0. The van der Waals surface area contributed by atoms with Crippen LogP contribution in [0.15, 0.2) is 35.3 Å². The van der Waals surface area contributed by atoms with E-state index >= 15 is 0 Å². The van der Waals surface area contributed by atoms with Crippen LogP contribution in [0.1, 0.15) is 32.1 Å². The molecule has 1 spiro atoms. The van der Waals surface area contributed by atoms with Crippen molar-refractivity contribution in [1.82, 2.24) is 15.5 Å². The van der Waals surface area contributed by atoms with Crippen LogP contribution in [0.3, 0.4) is 0 Å². The Hall–Kier alpha value is -1.55. The standard InChI is InChI=1S/C24H37N5O2.HI/c1-28(2)20(30)17-26-23(25-14-8-15-29(3)18-9-5-4-6-10-18)27-21-19-11-16-31-22(19)24(21)12-7-13-24;/h4-6,9-10,19,21-22H,7-8,11-17H2,1-3H3,(H2,25,26,27);1H. The molecule has 3 fully saturated rings. The predicted molar refractivity (Wildman–Crippen MR) is 140 cm³/mol. The van der Waals surface area contributed by atoms with Gasteiger partial charge in [-0.1, -0.05) is 24.6 Å². The number of aliphatic imine (C=N–C) groups is 1. The summed E-state index contributed by atoms with van der Waals surface area (Å²) < 4.78 is 6.05. The van der Waals surface area contributed by atoms with Crippen molar-refractivity contribution in [3.05, 3.63) is 30.3 Å². The van der Waals surface area contributed by atoms with E-state index in [1.807, 2.05) is 6.07 Å². The third-order valence-corrected chi connectivity index (χ3v) is 7.36. The Morgan fingerprint density at radius 1 is 1.22 bits per heavy atom. The number of benzene rings is 1. The van der Waals surface area contributed by atoms with Crippen LogP contribution in [0, 0.1) is 11.3 Å². The van der Waals surface area contributed by atoms with Crippen molar-refractivity contribution in [3.8, 4) is 0 Å². The molecule has 3 aliphatic rings. The zero-order chi connectivity index (χ0) is 21.8. The van der Waals surface area contributed by atoms with Crippen LogP contribution in [-0.4, -0.2) is 76.3 Å². The number of nitrogens with zero attached hydrogens (tertiary/aromatic N) is 3. The molecule has 1 aliphatic heterocycles. The van der Waals surface area contributed by atoms with Gasteiger partial charge in [0, 0.05) is 63.9 Å². The molecule has 1 aromatic rings. The highest BCUT2D eigenvalue weighted by atomic mass is 127. The number of amides is 1. The van der Waals surface area contributed by atoms with Gasteiger partial charge >= 0.3 is 0 Å². The summed E-state index contributed by atoms with van der Waals surface area (Å²) in [5.74, 6) is 1.35. The summed E-state index contributed by atoms with van der Waals surface area (Å²) in [5.41, 5.74) is 1.50. The summed E-state index contributed by atoms with van der Waals surface area (Å²) in [6.07, 6.45) is 6.28. The lowest BCUT2D eigenvalue weighted by atomic mass is 9.46. The molecule has 3 atom stereocenters. The van der Waals surface area contributed by atoms with Gasteiger partial charge in [0.1, 0.15) is 6.54 Å². The normalized spacial score (nSPS) is 25.1. The number of para-hydroxylation sites is 1. The minimum Gasteiger partial charge on any atom is -0.377 e. The van der Waals surface area contributed by atoms with Crippen LogP contribution in [0.5, 0.6) is 0 Å². The molecule has 7 nitrogen and oxygen atoms in total. The number of ether oxygens (including phenoxy) is 1. The molecule has 0 aromatic heterocycles. The molecule has 3 unspecified atom stereocenters. The van der Waals surface area contributed by atoms with Crippen LogP contribution in [0.25, 0.3) is 0 Å². The number of anilines is 1. The molecule has 178 valence electrons. The van der Waals surface area contributed by atoms with Crippen molar-refractivity contribution in [2.24, 2.45) is 16.3 Å². The fraction of sp³-hybridized carbons (Fsp3) is 0.667. The van der Waals surface area contributed by atoms with Gasteiger partial charge in [0.25, 0.3) is 0 Å². The molecule has 4 rings (SSSR count). The third-order valence-electron chi connectivity index (χ3n) is 7.36. The second-order valence-electron chi connectivity index (χ2n) is 9.44. The first-order valence-electron chi connectivity index (χ1n) is 11.6. The van der Waals surface area contributed by atoms with E-state index in [9.17, 15) is 4.79 Å². The molecule has 8 heteroatoms. The highest BCUT2D eigenvalue weighted by Crippen LogP contribution is 2.62. The Morgan fingerprint density at radius 2 is 1.97 bits per heavy atom. The first kappa shape index (κ1) is 25.1. The van der Waals surface area contributed by atoms with Gasteiger partial charge < -0.3 is 25.2 Å². The van der Waals surface area contributed by atoms with Crippen LogP contribution in [-0.2, 0) is 9.53 Å². The zero-order valence-electron chi connectivity index (χ0n) is 19.5. The molecule has 1 saturated heterocycles. The third kappa shape index (κ3) is 5.16. The monoisotopic (exact) mass is 555 g/mol. The molecule has 1 aromatic carbocycles. The molecule has 0 radical (unpaired) electrons. The van der Waals surface area contributed by atoms with Crippen LogP contribution >= 0.6 is 24.0 Å². The summed E-state index contributed by atoms with van der Waals surface area (Å²) in [4.78, 5) is 20.6. The number of likely N-dealkylation sites (N-methyl/N-ethyl adjacent to an activating group) is 1. The lowest BCUT2D eigenvalue weighted by Gasteiger charge is -2.63. The lowest BCUT2D eigenvalue weighted by molar-refractivity contribution is -0.171. The van der Waals surface area contributed by atoms with E-state index in [4.69, 9.17) is 4.74 Å². The number of hydrogen-bond donors (Lipinski definition) is 2. The van der Waals surface area contributed by atoms with Crippen LogP contribution in [0.4, 0.5) is 5.69 Å². The Morgan fingerprint density at radius 3 is 2.62 bits per heavy atom. The lowest BCUT2D eigenvalue weighted by Crippen LogP contribution is -2.72. The van der Waals surface area contributed by atoms with E-state index < -0.39 is 0 Å². The average Bonchev–Trinajstić information content (AvgIpc) is 3.16. The maximum Gasteiger partial charge on any atom is 0.243 e. The van der Waals surface area contributed by atoms with Crippen molar-refractivity contribution in [2.75, 3.05) is 52.3 Å². The van der Waals surface area contributed by atoms with E-state index in [1.54, 1.807) is 19.0 Å². The summed E-state index contributed by atoms with van der Waals surface area (Å²) in [6.45, 7) is 2.80. The number of rotatable bonds is 8. The van der Waals surface area contributed by atoms with Crippen LogP contribution in [0.2, 0.25) is 0 Å². The van der Waals surface area contributed by atoms with Crippen molar-refractivity contribution < 1.29 is 9.53 Å². The van der Waals surface area contributed by atoms with Crippen molar-refractivity contribution >= 4 is 41.5 Å². The van der Waals surface area contributed by atoms with Gasteiger partial charge in [-0.05, 0) is 37.8 Å². The van der Waals surface area contributed by atoms with Gasteiger partial charge in [-0.3, -0.25) is 4.79 Å². The van der Waals surface area contributed by atoms with E-state index in [0.717, 1.165) is 38.5 Å². The second kappa shape index (κ2) is 11.0. The summed E-state index contributed by atoms with van der Waals surface area (Å²) >= 11 is 0. The molecular formula is C24H38IN5O2. The van der Waals surface area contributed by atoms with Crippen molar-refractivity contribution in [2.45, 2.75) is 44.2 Å². The second-order valence-corrected chi connectivity index (χ2v) is 9.44. The molecule has 2 N–H and O–H groups in total. The number of fused-ring (bicyclic) bond motifs is 2. The van der Waals surface area contributed by atoms with Crippen molar-refractivity contribution in [3.63, 3.8) is 0 Å². The van der Waals surface area contributed by atoms with Gasteiger partial charge in [-0.2, -0.15) is 0 Å². The van der Waals surface area contributed by atoms with Gasteiger partial charge in [-0.25, -0.2) is 4.99 Å². The van der Waals surface area contributed by atoms with Crippen molar-refractivity contribution in [1.29, 1.82) is 0 Å². The number of carbonyl (C=O) groups is 1. The molecule has 2 aliphatic carbocycles. The number of guanidine groups is 1. The Balaban J connectivity index is 0.00000289. The van der Waals surface area contributed by atoms with E-state index in [-0.39, 0.29) is 41.8 Å². The summed E-state index contributed by atoms with van der Waals surface area (Å²) in [7, 11) is 5.66. The average molecular weight is 556 g/mol. The van der Waals surface area contributed by atoms with Gasteiger partial charge in [0.2, 0.25) is 5.91 Å². The van der Waals surface area contributed by atoms with E-state index in [1.165, 1.54) is 24.9 Å². The molecular weight excluding hydrogens is 517 g/mol. The molecule has 32 heavy (non-hydrogen) atoms. The van der Waals surface area contributed by atoms with Crippen LogP contribution < -0.4 is 15.5 Å². The topological polar surface area (TPSA) is 69.2 Å². The number of nitrogens with one attached hydrogen (secondary N) is 2. The minimum atomic E-state index is 0. The maximum absolute atomic E-state index is 12.1. The maximum atomic E-state index is 12.1. The highest BCUT2D eigenvalue weighted by Gasteiger charge is 2.66. The number of halogens is 1. The first-order valence-corrected chi connectivity index (χ1v) is 11.6. The van der Waals surface area contributed by atoms with Gasteiger partial charge in [0.15, 0.2) is 5.96 Å².